The van der Waals surface area contributed by atoms with Crippen LogP contribution in [0.1, 0.15) is 26.2 Å². The molecule has 0 radical (unpaired) electrons. The molecule has 1 aliphatic heterocycles. The normalized spacial score (nSPS) is 19.8. The highest BCUT2D eigenvalue weighted by Crippen LogP contribution is 2.21. The minimum absolute atomic E-state index is 0.00337. The molecular weight excluding hydrogens is 279 g/mol. The Morgan fingerprint density at radius 3 is 2.80 bits per heavy atom. The Morgan fingerprint density at radius 2 is 2.20 bits per heavy atom. The standard InChI is InChI=1S/C14H21FN2O2S/c1-2-17(14-8-5-6-12(15)10-14)20(18,19)11-13-7-3-4-9-16-13/h5-6,8,10,13,16H,2-4,7,9,11H2,1H3. The number of sulfonamides is 1. The van der Waals surface area contributed by atoms with Crippen molar-refractivity contribution in [3.8, 4) is 0 Å². The molecule has 1 aromatic rings. The van der Waals surface area contributed by atoms with Gasteiger partial charge in [0.1, 0.15) is 5.82 Å². The molecule has 112 valence electrons. The summed E-state index contributed by atoms with van der Waals surface area (Å²) in [6.45, 7) is 2.93. The summed E-state index contributed by atoms with van der Waals surface area (Å²) in [6, 6.07) is 5.72. The average Bonchev–Trinajstić information content (AvgIpc) is 2.39. The zero-order valence-electron chi connectivity index (χ0n) is 11.7. The van der Waals surface area contributed by atoms with Crippen LogP contribution in [0.2, 0.25) is 0 Å². The van der Waals surface area contributed by atoms with Crippen molar-refractivity contribution in [2.75, 3.05) is 23.1 Å². The van der Waals surface area contributed by atoms with Crippen LogP contribution in [-0.2, 0) is 10.0 Å². The molecule has 0 aromatic heterocycles. The molecule has 0 aliphatic carbocycles. The van der Waals surface area contributed by atoms with Gasteiger partial charge in [0.15, 0.2) is 0 Å². The summed E-state index contributed by atoms with van der Waals surface area (Å²) in [5.74, 6) is -0.357. The van der Waals surface area contributed by atoms with Crippen molar-refractivity contribution >= 4 is 15.7 Å². The summed E-state index contributed by atoms with van der Waals surface area (Å²) >= 11 is 0. The summed E-state index contributed by atoms with van der Waals surface area (Å²) in [5, 5.41) is 3.24. The van der Waals surface area contributed by atoms with Crippen molar-refractivity contribution in [2.45, 2.75) is 32.2 Å². The van der Waals surface area contributed by atoms with E-state index in [1.54, 1.807) is 13.0 Å². The first-order valence-electron chi connectivity index (χ1n) is 7.02. The van der Waals surface area contributed by atoms with Crippen LogP contribution in [-0.4, -0.2) is 33.3 Å². The van der Waals surface area contributed by atoms with Crippen molar-refractivity contribution in [1.82, 2.24) is 5.32 Å². The summed E-state index contributed by atoms with van der Waals surface area (Å²) in [6.07, 6.45) is 3.02. The van der Waals surface area contributed by atoms with Crippen LogP contribution in [0, 0.1) is 5.82 Å². The van der Waals surface area contributed by atoms with Crippen LogP contribution in [0.15, 0.2) is 24.3 Å². The minimum atomic E-state index is -3.44. The molecule has 0 amide bonds. The Balaban J connectivity index is 2.16. The molecule has 1 heterocycles. The van der Waals surface area contributed by atoms with E-state index >= 15 is 0 Å². The van der Waals surface area contributed by atoms with Gasteiger partial charge in [0.2, 0.25) is 10.0 Å². The van der Waals surface area contributed by atoms with Gasteiger partial charge in [-0.2, -0.15) is 0 Å². The Hall–Kier alpha value is -1.14. The van der Waals surface area contributed by atoms with E-state index in [0.29, 0.717) is 12.2 Å². The molecule has 1 atom stereocenters. The van der Waals surface area contributed by atoms with Gasteiger partial charge in [0, 0.05) is 12.6 Å². The fourth-order valence-electron chi connectivity index (χ4n) is 2.58. The van der Waals surface area contributed by atoms with Gasteiger partial charge in [-0.3, -0.25) is 4.31 Å². The Kier molecular flexibility index (Phi) is 4.99. The zero-order chi connectivity index (χ0) is 14.6. The fourth-order valence-corrected chi connectivity index (χ4v) is 4.38. The third-order valence-corrected chi connectivity index (χ3v) is 5.51. The van der Waals surface area contributed by atoms with Crippen molar-refractivity contribution in [3.05, 3.63) is 30.1 Å². The molecule has 2 rings (SSSR count). The molecule has 1 aromatic carbocycles. The lowest BCUT2D eigenvalue weighted by molar-refractivity contribution is 0.423. The van der Waals surface area contributed by atoms with Crippen LogP contribution >= 0.6 is 0 Å². The Labute approximate surface area is 120 Å². The summed E-state index contributed by atoms with van der Waals surface area (Å²) < 4.78 is 39.6. The predicted octanol–water partition coefficient (Wildman–Crippen LogP) is 2.12. The van der Waals surface area contributed by atoms with E-state index in [1.807, 2.05) is 0 Å². The van der Waals surface area contributed by atoms with E-state index in [4.69, 9.17) is 0 Å². The second-order valence-corrected chi connectivity index (χ2v) is 7.01. The van der Waals surface area contributed by atoms with E-state index in [2.05, 4.69) is 5.32 Å². The third kappa shape index (κ3) is 3.70. The maximum atomic E-state index is 13.3. The molecule has 0 spiro atoms. The molecule has 1 unspecified atom stereocenters. The van der Waals surface area contributed by atoms with Crippen LogP contribution in [0.4, 0.5) is 10.1 Å². The second kappa shape index (κ2) is 6.54. The number of anilines is 1. The third-order valence-electron chi connectivity index (χ3n) is 3.54. The van der Waals surface area contributed by atoms with Crippen molar-refractivity contribution in [3.63, 3.8) is 0 Å². The largest absolute Gasteiger partial charge is 0.313 e. The maximum Gasteiger partial charge on any atom is 0.236 e. The second-order valence-electron chi connectivity index (χ2n) is 5.07. The molecule has 1 fully saturated rings. The van der Waals surface area contributed by atoms with E-state index in [0.717, 1.165) is 25.8 Å². The smallest absolute Gasteiger partial charge is 0.236 e. The van der Waals surface area contributed by atoms with Crippen molar-refractivity contribution in [1.29, 1.82) is 0 Å². The number of nitrogens with zero attached hydrogens (tertiary/aromatic N) is 1. The fraction of sp³-hybridized carbons (Fsp3) is 0.571. The summed E-state index contributed by atoms with van der Waals surface area (Å²) in [7, 11) is -3.44. The topological polar surface area (TPSA) is 49.4 Å². The van der Waals surface area contributed by atoms with Gasteiger partial charge in [-0.25, -0.2) is 12.8 Å². The van der Waals surface area contributed by atoms with Crippen LogP contribution in [0.3, 0.4) is 0 Å². The monoisotopic (exact) mass is 300 g/mol. The quantitative estimate of drug-likeness (QED) is 0.906. The SMILES string of the molecule is CCN(c1cccc(F)c1)S(=O)(=O)CC1CCCCN1. The molecule has 0 saturated carbocycles. The highest BCUT2D eigenvalue weighted by Gasteiger charge is 2.26. The maximum absolute atomic E-state index is 13.3. The molecule has 1 N–H and O–H groups in total. The molecule has 0 bridgehead atoms. The van der Waals surface area contributed by atoms with Crippen molar-refractivity contribution < 1.29 is 12.8 Å². The van der Waals surface area contributed by atoms with E-state index in [-0.39, 0.29) is 11.8 Å². The molecule has 6 heteroatoms. The van der Waals surface area contributed by atoms with Crippen molar-refractivity contribution in [2.24, 2.45) is 0 Å². The first-order chi connectivity index (χ1) is 9.53. The van der Waals surface area contributed by atoms with E-state index < -0.39 is 15.8 Å². The van der Waals surface area contributed by atoms with E-state index in [1.165, 1.54) is 22.5 Å². The number of nitrogens with one attached hydrogen (secondary N) is 1. The molecule has 4 nitrogen and oxygen atoms in total. The molecule has 1 aliphatic rings. The minimum Gasteiger partial charge on any atom is -0.313 e. The first-order valence-corrected chi connectivity index (χ1v) is 8.63. The van der Waals surface area contributed by atoms with Gasteiger partial charge in [0.05, 0.1) is 11.4 Å². The lowest BCUT2D eigenvalue weighted by atomic mass is 10.1. The number of piperidine rings is 1. The molecule has 1 saturated heterocycles. The van der Waals surface area contributed by atoms with Gasteiger partial charge in [-0.1, -0.05) is 12.5 Å². The summed E-state index contributed by atoms with van der Waals surface area (Å²) in [4.78, 5) is 0. The number of benzene rings is 1. The van der Waals surface area contributed by atoms with Crippen LogP contribution < -0.4 is 9.62 Å². The van der Waals surface area contributed by atoms with Gasteiger partial charge >= 0.3 is 0 Å². The first kappa shape index (κ1) is 15.3. The number of hydrogen-bond donors (Lipinski definition) is 1. The predicted molar refractivity (Wildman–Crippen MR) is 78.8 cm³/mol. The molecular formula is C14H21FN2O2S. The lowest BCUT2D eigenvalue weighted by Gasteiger charge is -2.28. The highest BCUT2D eigenvalue weighted by molar-refractivity contribution is 7.92. The number of halogens is 1. The van der Waals surface area contributed by atoms with Gasteiger partial charge in [0.25, 0.3) is 0 Å². The lowest BCUT2D eigenvalue weighted by Crippen LogP contribution is -2.44. The average molecular weight is 300 g/mol. The highest BCUT2D eigenvalue weighted by atomic mass is 32.2. The van der Waals surface area contributed by atoms with Gasteiger partial charge < -0.3 is 5.32 Å². The Bertz CT molecular complexity index is 542. The zero-order valence-corrected chi connectivity index (χ0v) is 12.5. The molecule has 20 heavy (non-hydrogen) atoms. The van der Waals surface area contributed by atoms with Crippen LogP contribution in [0.25, 0.3) is 0 Å². The van der Waals surface area contributed by atoms with Crippen LogP contribution in [0.5, 0.6) is 0 Å². The van der Waals surface area contributed by atoms with E-state index in [9.17, 15) is 12.8 Å². The van der Waals surface area contributed by atoms with Gasteiger partial charge in [-0.05, 0) is 44.5 Å². The van der Waals surface area contributed by atoms with Gasteiger partial charge in [-0.15, -0.1) is 0 Å². The number of hydrogen-bond acceptors (Lipinski definition) is 3. The Morgan fingerprint density at radius 1 is 1.40 bits per heavy atom. The summed E-state index contributed by atoms with van der Waals surface area (Å²) in [5.41, 5.74) is 0.392. The number of rotatable bonds is 5.